The molecule has 1 heterocycles. The Morgan fingerprint density at radius 3 is 2.53 bits per heavy atom. The highest BCUT2D eigenvalue weighted by molar-refractivity contribution is 7.89. The molecule has 1 amide bonds. The fourth-order valence-corrected chi connectivity index (χ4v) is 4.70. The maximum Gasteiger partial charge on any atom is 0.407 e. The molecule has 1 atom stereocenters. The lowest BCUT2D eigenvalue weighted by atomic mass is 9.97. The number of ether oxygens (including phenoxy) is 1. The number of amides is 1. The summed E-state index contributed by atoms with van der Waals surface area (Å²) in [6.45, 7) is 7.91. The molecule has 10 heteroatoms. The van der Waals surface area contributed by atoms with Crippen LogP contribution in [0.2, 0.25) is 0 Å². The highest BCUT2D eigenvalue weighted by atomic mass is 32.2. The van der Waals surface area contributed by atoms with Crippen molar-refractivity contribution in [3.63, 3.8) is 0 Å². The second-order valence-electron chi connectivity index (χ2n) is 8.47. The van der Waals surface area contributed by atoms with Crippen molar-refractivity contribution < 1.29 is 17.9 Å². The molecule has 0 saturated carbocycles. The van der Waals surface area contributed by atoms with Crippen molar-refractivity contribution >= 4 is 16.1 Å². The summed E-state index contributed by atoms with van der Waals surface area (Å²) in [5.41, 5.74) is 4.75. The molecule has 9 nitrogen and oxygen atoms in total. The second-order valence-corrected chi connectivity index (χ2v) is 10.1. The predicted octanol–water partition coefficient (Wildman–Crippen LogP) is 3.38. The van der Waals surface area contributed by atoms with E-state index in [1.165, 1.54) is 0 Å². The molecular formula is C22H29N5O4S. The summed E-state index contributed by atoms with van der Waals surface area (Å²) in [6, 6.07) is 14.1. The van der Waals surface area contributed by atoms with Crippen LogP contribution in [0, 0.1) is 0 Å². The number of carbonyl (C=O) groups excluding carboxylic acids is 1. The van der Waals surface area contributed by atoms with Gasteiger partial charge in [0.05, 0.1) is 29.1 Å². The van der Waals surface area contributed by atoms with Gasteiger partial charge in [-0.3, -0.25) is 5.43 Å². The van der Waals surface area contributed by atoms with Crippen LogP contribution in [-0.4, -0.2) is 38.7 Å². The van der Waals surface area contributed by atoms with E-state index in [4.69, 9.17) is 4.74 Å². The number of benzene rings is 2. The highest BCUT2D eigenvalue weighted by Crippen LogP contribution is 2.24. The summed E-state index contributed by atoms with van der Waals surface area (Å²) in [7, 11) is -3.73. The van der Waals surface area contributed by atoms with Crippen molar-refractivity contribution in [2.75, 3.05) is 6.54 Å². The van der Waals surface area contributed by atoms with E-state index in [0.29, 0.717) is 13.1 Å². The fraction of sp³-hybridized carbons (Fsp3) is 0.409. The van der Waals surface area contributed by atoms with Crippen LogP contribution in [0.4, 0.5) is 4.79 Å². The van der Waals surface area contributed by atoms with E-state index in [9.17, 15) is 13.2 Å². The van der Waals surface area contributed by atoms with Crippen LogP contribution in [-0.2, 0) is 21.3 Å². The number of alkyl carbamates (subject to hydrolysis) is 1. The first-order valence-corrected chi connectivity index (χ1v) is 11.8. The monoisotopic (exact) mass is 459 g/mol. The van der Waals surface area contributed by atoms with Gasteiger partial charge in [0.25, 0.3) is 0 Å². The third-order valence-electron chi connectivity index (χ3n) is 5.02. The zero-order valence-electron chi connectivity index (χ0n) is 18.6. The van der Waals surface area contributed by atoms with Crippen molar-refractivity contribution in [2.24, 2.45) is 10.3 Å². The first-order chi connectivity index (χ1) is 15.1. The van der Waals surface area contributed by atoms with Gasteiger partial charge >= 0.3 is 6.09 Å². The molecule has 2 aromatic rings. The summed E-state index contributed by atoms with van der Waals surface area (Å²) in [5.74, 6) is 0. The topological polar surface area (TPSA) is 121 Å². The van der Waals surface area contributed by atoms with Crippen LogP contribution in [0.3, 0.4) is 0 Å². The summed E-state index contributed by atoms with van der Waals surface area (Å²) >= 11 is 0. The Morgan fingerprint density at radius 2 is 1.91 bits per heavy atom. The quantitative estimate of drug-likeness (QED) is 0.559. The van der Waals surface area contributed by atoms with Gasteiger partial charge in [-0.15, -0.1) is 0 Å². The second kappa shape index (κ2) is 9.66. The standard InChI is InChI=1S/C22H29N5O4S/c1-15(2)31-21(28)23-13-16-6-5-7-18(12-16)17-8-10-19(11-9-17)32(29,30)26-22(3,4)20-14-24-27-25-20/h5-12,15,20,26H,13-14H2,1-4H3,(H,23,28)(H,24,25). The molecule has 1 aliphatic heterocycles. The molecule has 2 aromatic carbocycles. The van der Waals surface area contributed by atoms with E-state index >= 15 is 0 Å². The molecule has 0 saturated heterocycles. The number of carbonyl (C=O) groups is 1. The summed E-state index contributed by atoms with van der Waals surface area (Å²) in [5, 5.41) is 10.3. The molecule has 0 aliphatic carbocycles. The van der Waals surface area contributed by atoms with Crippen LogP contribution in [0.25, 0.3) is 11.1 Å². The summed E-state index contributed by atoms with van der Waals surface area (Å²) < 4.78 is 33.6. The van der Waals surface area contributed by atoms with Gasteiger partial charge in [-0.2, -0.15) is 5.11 Å². The fourth-order valence-electron chi connectivity index (χ4n) is 3.26. The molecule has 0 radical (unpaired) electrons. The number of hydrogen-bond acceptors (Lipinski definition) is 7. The van der Waals surface area contributed by atoms with Crippen LogP contribution >= 0.6 is 0 Å². The first kappa shape index (κ1) is 23.7. The van der Waals surface area contributed by atoms with Gasteiger partial charge in [0.1, 0.15) is 0 Å². The van der Waals surface area contributed by atoms with Crippen molar-refractivity contribution in [3.8, 4) is 11.1 Å². The molecule has 172 valence electrons. The number of nitrogens with one attached hydrogen (secondary N) is 3. The lowest BCUT2D eigenvalue weighted by molar-refractivity contribution is 0.115. The van der Waals surface area contributed by atoms with Crippen LogP contribution in [0.5, 0.6) is 0 Å². The van der Waals surface area contributed by atoms with Gasteiger partial charge in [0.15, 0.2) is 0 Å². The van der Waals surface area contributed by atoms with E-state index in [-0.39, 0.29) is 17.0 Å². The van der Waals surface area contributed by atoms with Gasteiger partial charge in [0, 0.05) is 6.54 Å². The molecular weight excluding hydrogens is 430 g/mol. The van der Waals surface area contributed by atoms with Crippen LogP contribution in [0.1, 0.15) is 33.3 Å². The Morgan fingerprint density at radius 1 is 1.19 bits per heavy atom. The number of nitrogens with zero attached hydrogens (tertiary/aromatic N) is 2. The van der Waals surface area contributed by atoms with Gasteiger partial charge < -0.3 is 10.1 Å². The van der Waals surface area contributed by atoms with Gasteiger partial charge in [-0.1, -0.05) is 35.6 Å². The van der Waals surface area contributed by atoms with E-state index in [2.05, 4.69) is 25.8 Å². The number of sulfonamides is 1. The third kappa shape index (κ3) is 6.04. The van der Waals surface area contributed by atoms with Crippen molar-refractivity contribution in [2.45, 2.75) is 56.8 Å². The Labute approximate surface area is 188 Å². The maximum atomic E-state index is 12.9. The van der Waals surface area contributed by atoms with Gasteiger partial charge in [-0.05, 0) is 62.6 Å². The molecule has 32 heavy (non-hydrogen) atoms. The van der Waals surface area contributed by atoms with Crippen LogP contribution in [0.15, 0.2) is 63.8 Å². The third-order valence-corrected chi connectivity index (χ3v) is 6.71. The lowest BCUT2D eigenvalue weighted by Gasteiger charge is -2.30. The smallest absolute Gasteiger partial charge is 0.407 e. The SMILES string of the molecule is CC(C)OC(=O)NCc1cccc(-c2ccc(S(=O)(=O)NC(C)(C)C3CN=NN3)cc2)c1. The molecule has 1 unspecified atom stereocenters. The highest BCUT2D eigenvalue weighted by Gasteiger charge is 2.36. The molecule has 0 fully saturated rings. The predicted molar refractivity (Wildman–Crippen MR) is 121 cm³/mol. The summed E-state index contributed by atoms with van der Waals surface area (Å²) in [4.78, 5) is 11.9. The lowest BCUT2D eigenvalue weighted by Crippen LogP contribution is -2.56. The van der Waals surface area contributed by atoms with Crippen molar-refractivity contribution in [1.29, 1.82) is 0 Å². The van der Waals surface area contributed by atoms with Crippen molar-refractivity contribution in [3.05, 3.63) is 54.1 Å². The average Bonchev–Trinajstić information content (AvgIpc) is 3.27. The maximum absolute atomic E-state index is 12.9. The minimum Gasteiger partial charge on any atom is -0.447 e. The van der Waals surface area contributed by atoms with Gasteiger partial charge in [0.2, 0.25) is 10.0 Å². The Hall–Kier alpha value is -2.98. The molecule has 3 rings (SSSR count). The number of rotatable bonds is 8. The van der Waals surface area contributed by atoms with E-state index < -0.39 is 21.7 Å². The number of hydrogen-bond donors (Lipinski definition) is 3. The van der Waals surface area contributed by atoms with Crippen molar-refractivity contribution in [1.82, 2.24) is 15.5 Å². The summed E-state index contributed by atoms with van der Waals surface area (Å²) in [6.07, 6.45) is -0.652. The molecule has 3 N–H and O–H groups in total. The Bertz CT molecular complexity index is 1070. The van der Waals surface area contributed by atoms with E-state index in [1.54, 1.807) is 52.0 Å². The minimum absolute atomic E-state index is 0.176. The molecule has 0 spiro atoms. The average molecular weight is 460 g/mol. The van der Waals surface area contributed by atoms with Crippen LogP contribution < -0.4 is 15.5 Å². The zero-order valence-corrected chi connectivity index (χ0v) is 19.4. The van der Waals surface area contributed by atoms with Gasteiger partial charge in [-0.25, -0.2) is 17.9 Å². The zero-order chi connectivity index (χ0) is 23.4. The minimum atomic E-state index is -3.73. The molecule has 1 aliphatic rings. The Kier molecular flexibility index (Phi) is 7.15. The Balaban J connectivity index is 1.69. The van der Waals surface area contributed by atoms with E-state index in [0.717, 1.165) is 16.7 Å². The first-order valence-electron chi connectivity index (χ1n) is 10.4. The normalized spacial score (nSPS) is 16.1. The van der Waals surface area contributed by atoms with E-state index in [1.807, 2.05) is 24.3 Å². The largest absolute Gasteiger partial charge is 0.447 e. The molecule has 0 aromatic heterocycles. The molecule has 0 bridgehead atoms.